The van der Waals surface area contributed by atoms with Gasteiger partial charge in [0.05, 0.1) is 17.7 Å². The van der Waals surface area contributed by atoms with Gasteiger partial charge in [0.25, 0.3) is 15.9 Å². The molecule has 8 heteroatoms. The fraction of sp³-hybridized carbons (Fsp3) is 0.417. The summed E-state index contributed by atoms with van der Waals surface area (Å²) in [7, 11) is -2.45. The van der Waals surface area contributed by atoms with Crippen LogP contribution in [0.3, 0.4) is 0 Å². The summed E-state index contributed by atoms with van der Waals surface area (Å²) in [6, 6.07) is 13.2. The van der Waals surface area contributed by atoms with Crippen molar-refractivity contribution in [3.8, 4) is 5.75 Å². The second-order valence-corrected chi connectivity index (χ2v) is 9.87. The van der Waals surface area contributed by atoms with Gasteiger partial charge in [-0.2, -0.15) is 5.10 Å². The van der Waals surface area contributed by atoms with E-state index in [1.54, 1.807) is 24.3 Å². The first-order chi connectivity index (χ1) is 15.4. The maximum absolute atomic E-state index is 13.4. The Morgan fingerprint density at radius 1 is 0.969 bits per heavy atom. The molecule has 1 saturated carbocycles. The number of ether oxygens (including phenoxy) is 1. The van der Waals surface area contributed by atoms with E-state index in [2.05, 4.69) is 10.5 Å². The summed E-state index contributed by atoms with van der Waals surface area (Å²) in [5.41, 5.74) is 4.96. The number of hydrogen-bond donors (Lipinski definition) is 1. The molecule has 1 amide bonds. The first kappa shape index (κ1) is 23.8. The van der Waals surface area contributed by atoms with Gasteiger partial charge in [-0.15, -0.1) is 0 Å². The van der Waals surface area contributed by atoms with Crippen molar-refractivity contribution in [2.24, 2.45) is 5.10 Å². The molecule has 0 spiro atoms. The van der Waals surface area contributed by atoms with Gasteiger partial charge >= 0.3 is 0 Å². The summed E-state index contributed by atoms with van der Waals surface area (Å²) in [6.45, 7) is 1.55. The normalized spacial score (nSPS) is 14.8. The van der Waals surface area contributed by atoms with E-state index in [1.807, 2.05) is 19.1 Å². The van der Waals surface area contributed by atoms with Crippen LogP contribution in [0.25, 0.3) is 0 Å². The van der Waals surface area contributed by atoms with Gasteiger partial charge in [-0.1, -0.05) is 37.0 Å². The van der Waals surface area contributed by atoms with Gasteiger partial charge in [0.1, 0.15) is 12.3 Å². The number of benzene rings is 2. The highest BCUT2D eigenvalue weighted by molar-refractivity contribution is 7.92. The molecule has 0 atom stereocenters. The Hall–Kier alpha value is -2.87. The van der Waals surface area contributed by atoms with Crippen molar-refractivity contribution in [1.29, 1.82) is 0 Å². The van der Waals surface area contributed by atoms with E-state index >= 15 is 0 Å². The summed E-state index contributed by atoms with van der Waals surface area (Å²) in [4.78, 5) is 12.8. The van der Waals surface area contributed by atoms with Crippen molar-refractivity contribution in [2.75, 3.05) is 18.0 Å². The van der Waals surface area contributed by atoms with Crippen LogP contribution >= 0.6 is 0 Å². The maximum Gasteiger partial charge on any atom is 0.264 e. The molecule has 2 aromatic rings. The molecule has 0 bridgehead atoms. The number of carbonyl (C=O) groups is 1. The number of hydrogen-bond acceptors (Lipinski definition) is 5. The van der Waals surface area contributed by atoms with Crippen LogP contribution in [0.2, 0.25) is 0 Å². The van der Waals surface area contributed by atoms with Crippen LogP contribution in [0.1, 0.15) is 50.5 Å². The molecular formula is C24H31N3O4S. The van der Waals surface area contributed by atoms with E-state index in [-0.39, 0.29) is 11.4 Å². The number of sulfonamides is 1. The molecule has 3 rings (SSSR count). The largest absolute Gasteiger partial charge is 0.497 e. The Labute approximate surface area is 190 Å². The minimum Gasteiger partial charge on any atom is -0.497 e. The van der Waals surface area contributed by atoms with Crippen molar-refractivity contribution < 1.29 is 17.9 Å². The highest BCUT2D eigenvalue weighted by atomic mass is 32.2. The lowest BCUT2D eigenvalue weighted by atomic mass is 9.99. The van der Waals surface area contributed by atoms with E-state index in [0.717, 1.165) is 41.3 Å². The van der Waals surface area contributed by atoms with E-state index in [0.29, 0.717) is 11.4 Å². The third-order valence-electron chi connectivity index (χ3n) is 5.53. The van der Waals surface area contributed by atoms with Crippen molar-refractivity contribution >= 4 is 27.3 Å². The number of rotatable bonds is 7. The monoisotopic (exact) mass is 457 g/mol. The molecule has 0 radical (unpaired) electrons. The zero-order valence-electron chi connectivity index (χ0n) is 18.7. The molecule has 1 fully saturated rings. The number of anilines is 1. The first-order valence-electron chi connectivity index (χ1n) is 11.0. The van der Waals surface area contributed by atoms with Gasteiger partial charge < -0.3 is 4.74 Å². The maximum atomic E-state index is 13.4. The van der Waals surface area contributed by atoms with E-state index in [4.69, 9.17) is 4.74 Å². The zero-order valence-corrected chi connectivity index (χ0v) is 19.5. The fourth-order valence-electron chi connectivity index (χ4n) is 3.63. The zero-order chi connectivity index (χ0) is 23.0. The van der Waals surface area contributed by atoms with Crippen molar-refractivity contribution in [1.82, 2.24) is 5.43 Å². The molecule has 0 unspecified atom stereocenters. The van der Waals surface area contributed by atoms with Crippen LogP contribution in [0.4, 0.5) is 5.69 Å². The molecule has 172 valence electrons. The molecule has 7 nitrogen and oxygen atoms in total. The molecule has 1 aliphatic rings. The minimum absolute atomic E-state index is 0.0815. The number of hydrazone groups is 1. The molecule has 0 aliphatic heterocycles. The number of amides is 1. The summed E-state index contributed by atoms with van der Waals surface area (Å²) in [6.07, 6.45) is 7.46. The molecule has 1 aliphatic carbocycles. The van der Waals surface area contributed by atoms with E-state index in [1.165, 1.54) is 38.5 Å². The number of carbonyl (C=O) groups excluding carboxylic acids is 1. The predicted molar refractivity (Wildman–Crippen MR) is 127 cm³/mol. The SMILES string of the molecule is COc1ccc(S(=O)(=O)N(CC(=O)NN=C2CCCCCCC2)c2ccc(C)cc2)cc1. The average Bonchev–Trinajstić information content (AvgIpc) is 2.77. The fourth-order valence-corrected chi connectivity index (χ4v) is 5.05. The number of methoxy groups -OCH3 is 1. The topological polar surface area (TPSA) is 88.1 Å². The quantitative estimate of drug-likeness (QED) is 0.624. The van der Waals surface area contributed by atoms with E-state index < -0.39 is 15.9 Å². The number of aryl methyl sites for hydroxylation is 1. The molecule has 0 aromatic heterocycles. The smallest absolute Gasteiger partial charge is 0.264 e. The minimum atomic E-state index is -3.97. The Kier molecular flexibility index (Phi) is 8.27. The van der Waals surface area contributed by atoms with Crippen molar-refractivity contribution in [3.63, 3.8) is 0 Å². The Morgan fingerprint density at radius 3 is 2.16 bits per heavy atom. The Bertz CT molecular complexity index is 1020. The Morgan fingerprint density at radius 2 is 1.56 bits per heavy atom. The van der Waals surface area contributed by atoms with Crippen LogP contribution in [0, 0.1) is 6.92 Å². The van der Waals surface area contributed by atoms with Gasteiger partial charge in [-0.25, -0.2) is 13.8 Å². The van der Waals surface area contributed by atoms with E-state index in [9.17, 15) is 13.2 Å². The third kappa shape index (κ3) is 6.32. The lowest BCUT2D eigenvalue weighted by molar-refractivity contribution is -0.119. The average molecular weight is 458 g/mol. The molecule has 0 heterocycles. The second-order valence-electron chi connectivity index (χ2n) is 8.00. The number of nitrogens with zero attached hydrogens (tertiary/aromatic N) is 2. The van der Waals surface area contributed by atoms with Crippen LogP contribution in [-0.2, 0) is 14.8 Å². The van der Waals surface area contributed by atoms with Gasteiger partial charge in [-0.3, -0.25) is 9.10 Å². The molecule has 32 heavy (non-hydrogen) atoms. The molecular weight excluding hydrogens is 426 g/mol. The highest BCUT2D eigenvalue weighted by Gasteiger charge is 2.27. The summed E-state index contributed by atoms with van der Waals surface area (Å²) >= 11 is 0. The summed E-state index contributed by atoms with van der Waals surface area (Å²) in [5.74, 6) is 0.0795. The molecule has 0 saturated heterocycles. The molecule has 1 N–H and O–H groups in total. The number of nitrogens with one attached hydrogen (secondary N) is 1. The van der Waals surface area contributed by atoms with Crippen molar-refractivity contribution in [2.45, 2.75) is 56.8 Å². The lowest BCUT2D eigenvalue weighted by Crippen LogP contribution is -2.39. The summed E-state index contributed by atoms with van der Waals surface area (Å²) < 4.78 is 33.1. The van der Waals surface area contributed by atoms with Gasteiger partial charge in [0, 0.05) is 5.71 Å². The predicted octanol–water partition coefficient (Wildman–Crippen LogP) is 4.42. The van der Waals surface area contributed by atoms with Crippen LogP contribution < -0.4 is 14.5 Å². The van der Waals surface area contributed by atoms with Gasteiger partial charge in [-0.05, 0) is 69.0 Å². The summed E-state index contributed by atoms with van der Waals surface area (Å²) in [5, 5.41) is 4.30. The third-order valence-corrected chi connectivity index (χ3v) is 7.31. The van der Waals surface area contributed by atoms with Gasteiger partial charge in [0.15, 0.2) is 0 Å². The second kappa shape index (κ2) is 11.1. The highest BCUT2D eigenvalue weighted by Crippen LogP contribution is 2.25. The van der Waals surface area contributed by atoms with Crippen LogP contribution in [-0.4, -0.2) is 33.7 Å². The standard InChI is InChI=1S/C24H31N3O4S/c1-19-10-12-21(13-11-19)27(32(29,30)23-16-14-22(31-2)15-17-23)18-24(28)26-25-20-8-6-4-3-5-7-9-20/h10-17H,3-9,18H2,1-2H3,(H,26,28). The first-order valence-corrected chi connectivity index (χ1v) is 12.4. The lowest BCUT2D eigenvalue weighted by Gasteiger charge is -2.24. The van der Waals surface area contributed by atoms with Crippen molar-refractivity contribution in [3.05, 3.63) is 54.1 Å². The Balaban J connectivity index is 1.82. The molecule has 2 aromatic carbocycles. The van der Waals surface area contributed by atoms with Gasteiger partial charge in [0.2, 0.25) is 0 Å². The van der Waals surface area contributed by atoms with Crippen LogP contribution in [0.15, 0.2) is 58.5 Å². The van der Waals surface area contributed by atoms with Crippen LogP contribution in [0.5, 0.6) is 5.75 Å².